The summed E-state index contributed by atoms with van der Waals surface area (Å²) in [6.07, 6.45) is 3.32. The van der Waals surface area contributed by atoms with Crippen LogP contribution in [0.3, 0.4) is 0 Å². The number of halogens is 1. The topological polar surface area (TPSA) is 38.8 Å². The third-order valence-corrected chi connectivity index (χ3v) is 3.77. The minimum Gasteiger partial charge on any atom is -0.454 e. The van der Waals surface area contributed by atoms with E-state index in [1.54, 1.807) is 36.2 Å². The first kappa shape index (κ1) is 15.4. The summed E-state index contributed by atoms with van der Waals surface area (Å²) in [4.78, 5) is 13.8. The molecule has 5 heteroatoms. The van der Waals surface area contributed by atoms with Crippen molar-refractivity contribution in [2.24, 2.45) is 0 Å². The third-order valence-electron chi connectivity index (χ3n) is 3.52. The lowest BCUT2D eigenvalue weighted by Gasteiger charge is -2.15. The molecule has 1 aliphatic heterocycles. The minimum absolute atomic E-state index is 0.0717. The minimum atomic E-state index is -0.0717. The van der Waals surface area contributed by atoms with E-state index >= 15 is 0 Å². The highest BCUT2D eigenvalue weighted by Crippen LogP contribution is 2.32. The van der Waals surface area contributed by atoms with Gasteiger partial charge in [0.2, 0.25) is 12.7 Å². The third kappa shape index (κ3) is 3.85. The van der Waals surface area contributed by atoms with Crippen LogP contribution in [0.5, 0.6) is 11.5 Å². The monoisotopic (exact) mass is 329 g/mol. The van der Waals surface area contributed by atoms with E-state index < -0.39 is 0 Å². The van der Waals surface area contributed by atoms with Crippen molar-refractivity contribution in [3.05, 3.63) is 64.7 Å². The maximum Gasteiger partial charge on any atom is 0.246 e. The summed E-state index contributed by atoms with van der Waals surface area (Å²) in [6, 6.07) is 13.0. The number of fused-ring (bicyclic) bond motifs is 1. The van der Waals surface area contributed by atoms with Gasteiger partial charge >= 0.3 is 0 Å². The molecule has 0 aliphatic carbocycles. The second kappa shape index (κ2) is 6.75. The number of rotatable bonds is 4. The first-order valence-corrected chi connectivity index (χ1v) is 7.57. The SMILES string of the molecule is CN(Cc1ccc2c(c1)OCO2)C(=O)/C=C/c1ccc(Cl)cc1. The average Bonchev–Trinajstić information content (AvgIpc) is 3.01. The van der Waals surface area contributed by atoms with Crippen LogP contribution in [0, 0.1) is 0 Å². The van der Waals surface area contributed by atoms with E-state index in [1.165, 1.54) is 0 Å². The number of likely N-dealkylation sites (N-methyl/N-ethyl adjacent to an activating group) is 1. The molecule has 0 N–H and O–H groups in total. The van der Waals surface area contributed by atoms with Gasteiger partial charge in [0, 0.05) is 24.7 Å². The zero-order valence-electron chi connectivity index (χ0n) is 12.7. The summed E-state index contributed by atoms with van der Waals surface area (Å²) < 4.78 is 10.6. The number of hydrogen-bond acceptors (Lipinski definition) is 3. The highest BCUT2D eigenvalue weighted by atomic mass is 35.5. The van der Waals surface area contributed by atoms with E-state index in [2.05, 4.69) is 0 Å². The van der Waals surface area contributed by atoms with Crippen LogP contribution in [0.1, 0.15) is 11.1 Å². The van der Waals surface area contributed by atoms with Gasteiger partial charge in [0.25, 0.3) is 0 Å². The summed E-state index contributed by atoms with van der Waals surface area (Å²) in [7, 11) is 1.76. The van der Waals surface area contributed by atoms with Crippen molar-refractivity contribution in [2.75, 3.05) is 13.8 Å². The number of benzene rings is 2. The van der Waals surface area contributed by atoms with Crippen LogP contribution in [0.4, 0.5) is 0 Å². The highest BCUT2D eigenvalue weighted by molar-refractivity contribution is 6.30. The molecule has 0 radical (unpaired) electrons. The van der Waals surface area contributed by atoms with Gasteiger partial charge in [-0.2, -0.15) is 0 Å². The molecular weight excluding hydrogens is 314 g/mol. The standard InChI is InChI=1S/C18H16ClNO3/c1-20(11-14-4-8-16-17(10-14)23-12-22-16)18(21)9-5-13-2-6-15(19)7-3-13/h2-10H,11-12H2,1H3/b9-5+. The maximum atomic E-state index is 12.2. The van der Waals surface area contributed by atoms with Gasteiger partial charge in [-0.1, -0.05) is 29.8 Å². The van der Waals surface area contributed by atoms with E-state index in [1.807, 2.05) is 30.3 Å². The predicted octanol–water partition coefficient (Wildman–Crippen LogP) is 3.74. The van der Waals surface area contributed by atoms with Crippen molar-refractivity contribution in [1.82, 2.24) is 4.90 Å². The zero-order valence-corrected chi connectivity index (χ0v) is 13.4. The molecule has 1 amide bonds. The Labute approximate surface area is 139 Å². The largest absolute Gasteiger partial charge is 0.454 e. The first-order chi connectivity index (χ1) is 11.1. The Morgan fingerprint density at radius 1 is 1.17 bits per heavy atom. The Morgan fingerprint density at radius 2 is 1.91 bits per heavy atom. The van der Waals surface area contributed by atoms with Gasteiger partial charge in [-0.3, -0.25) is 4.79 Å². The van der Waals surface area contributed by atoms with Gasteiger partial charge in [0.1, 0.15) is 0 Å². The van der Waals surface area contributed by atoms with E-state index in [4.69, 9.17) is 21.1 Å². The van der Waals surface area contributed by atoms with Crippen molar-refractivity contribution in [3.8, 4) is 11.5 Å². The van der Waals surface area contributed by atoms with Crippen LogP contribution >= 0.6 is 11.6 Å². The molecule has 2 aromatic carbocycles. The Kier molecular flexibility index (Phi) is 4.53. The second-order valence-electron chi connectivity index (χ2n) is 5.27. The lowest BCUT2D eigenvalue weighted by atomic mass is 10.2. The Balaban J connectivity index is 1.62. The van der Waals surface area contributed by atoms with Gasteiger partial charge in [-0.15, -0.1) is 0 Å². The van der Waals surface area contributed by atoms with Crippen LogP contribution in [-0.2, 0) is 11.3 Å². The van der Waals surface area contributed by atoms with Crippen LogP contribution < -0.4 is 9.47 Å². The van der Waals surface area contributed by atoms with Gasteiger partial charge in [0.05, 0.1) is 0 Å². The number of carbonyl (C=O) groups is 1. The summed E-state index contributed by atoms with van der Waals surface area (Å²) in [5.74, 6) is 1.39. The fraction of sp³-hybridized carbons (Fsp3) is 0.167. The molecule has 118 valence electrons. The lowest BCUT2D eigenvalue weighted by Crippen LogP contribution is -2.24. The summed E-state index contributed by atoms with van der Waals surface area (Å²) >= 11 is 5.84. The molecule has 0 atom stereocenters. The maximum absolute atomic E-state index is 12.2. The zero-order chi connectivity index (χ0) is 16.2. The van der Waals surface area contributed by atoms with E-state index in [0.29, 0.717) is 11.6 Å². The fourth-order valence-electron chi connectivity index (χ4n) is 2.26. The van der Waals surface area contributed by atoms with Crippen molar-refractivity contribution in [2.45, 2.75) is 6.54 Å². The molecule has 0 spiro atoms. The average molecular weight is 330 g/mol. The van der Waals surface area contributed by atoms with Gasteiger partial charge in [0.15, 0.2) is 11.5 Å². The molecule has 2 aromatic rings. The molecule has 0 saturated heterocycles. The number of hydrogen-bond donors (Lipinski definition) is 0. The van der Waals surface area contributed by atoms with Crippen molar-refractivity contribution in [3.63, 3.8) is 0 Å². The Bertz CT molecular complexity index is 740. The molecule has 1 aliphatic rings. The Hall–Kier alpha value is -2.46. The van der Waals surface area contributed by atoms with Gasteiger partial charge < -0.3 is 14.4 Å². The number of nitrogens with zero attached hydrogens (tertiary/aromatic N) is 1. The molecule has 1 heterocycles. The Morgan fingerprint density at radius 3 is 2.70 bits per heavy atom. The summed E-state index contributed by atoms with van der Waals surface area (Å²) in [6.45, 7) is 0.748. The van der Waals surface area contributed by atoms with Crippen molar-refractivity contribution >= 4 is 23.6 Å². The normalized spacial score (nSPS) is 12.6. The van der Waals surface area contributed by atoms with Crippen LogP contribution in [0.15, 0.2) is 48.5 Å². The van der Waals surface area contributed by atoms with Crippen LogP contribution in [-0.4, -0.2) is 24.6 Å². The van der Waals surface area contributed by atoms with Crippen molar-refractivity contribution < 1.29 is 14.3 Å². The molecule has 0 unspecified atom stereocenters. The fourth-order valence-corrected chi connectivity index (χ4v) is 2.39. The quantitative estimate of drug-likeness (QED) is 0.802. The molecular formula is C18H16ClNO3. The highest BCUT2D eigenvalue weighted by Gasteiger charge is 2.14. The molecule has 0 aromatic heterocycles. The number of amides is 1. The first-order valence-electron chi connectivity index (χ1n) is 7.19. The van der Waals surface area contributed by atoms with Crippen LogP contribution in [0.25, 0.3) is 6.08 Å². The van der Waals surface area contributed by atoms with Crippen molar-refractivity contribution in [1.29, 1.82) is 0 Å². The number of carbonyl (C=O) groups excluding carboxylic acids is 1. The summed E-state index contributed by atoms with van der Waals surface area (Å²) in [5.41, 5.74) is 1.92. The number of ether oxygens (including phenoxy) is 2. The smallest absolute Gasteiger partial charge is 0.246 e. The summed E-state index contributed by atoms with van der Waals surface area (Å²) in [5, 5.41) is 0.674. The molecule has 23 heavy (non-hydrogen) atoms. The molecule has 3 rings (SSSR count). The van der Waals surface area contributed by atoms with Crippen LogP contribution in [0.2, 0.25) is 5.02 Å². The van der Waals surface area contributed by atoms with Gasteiger partial charge in [-0.05, 0) is 41.5 Å². The van der Waals surface area contributed by atoms with E-state index in [-0.39, 0.29) is 12.7 Å². The molecule has 0 saturated carbocycles. The second-order valence-corrected chi connectivity index (χ2v) is 5.70. The van der Waals surface area contributed by atoms with E-state index in [0.717, 1.165) is 22.6 Å². The van der Waals surface area contributed by atoms with Gasteiger partial charge in [-0.25, -0.2) is 0 Å². The molecule has 0 fully saturated rings. The molecule has 0 bridgehead atoms. The predicted molar refractivity (Wildman–Crippen MR) is 89.5 cm³/mol. The molecule has 4 nitrogen and oxygen atoms in total. The lowest BCUT2D eigenvalue weighted by molar-refractivity contribution is -0.125. The van der Waals surface area contributed by atoms with E-state index in [9.17, 15) is 4.79 Å².